The lowest BCUT2D eigenvalue weighted by molar-refractivity contribution is 0.197. The van der Waals surface area contributed by atoms with Crippen LogP contribution in [0.3, 0.4) is 0 Å². The number of hydrogen-bond acceptors (Lipinski definition) is 3. The average Bonchev–Trinajstić information content (AvgIpc) is 2.67. The van der Waals surface area contributed by atoms with Gasteiger partial charge in [-0.15, -0.1) is 0 Å². The molecule has 3 aliphatic rings. The third-order valence-electron chi connectivity index (χ3n) is 3.64. The van der Waals surface area contributed by atoms with Crippen LogP contribution in [0.15, 0.2) is 12.2 Å². The molecule has 78 valence electrons. The van der Waals surface area contributed by atoms with Crippen molar-refractivity contribution in [3.05, 3.63) is 12.2 Å². The van der Waals surface area contributed by atoms with E-state index in [0.29, 0.717) is 36.9 Å². The Labute approximate surface area is 87.7 Å². The molecule has 0 spiro atoms. The molecule has 3 nitrogen and oxygen atoms in total. The largest absolute Gasteiger partial charge is 0.424 e. The van der Waals surface area contributed by atoms with Crippen LogP contribution in [0, 0.1) is 23.7 Å². The first kappa shape index (κ1) is 9.41. The van der Waals surface area contributed by atoms with Crippen molar-refractivity contribution >= 4 is 18.2 Å². The second-order valence-corrected chi connectivity index (χ2v) is 6.92. The fraction of sp³-hybridized carbons (Fsp3) is 0.778. The Hall–Kier alpha value is 0.180. The summed E-state index contributed by atoms with van der Waals surface area (Å²) in [6.45, 7) is -2.30. The van der Waals surface area contributed by atoms with Crippen LogP contribution in [0.2, 0.25) is 0 Å². The molecule has 0 radical (unpaired) electrons. The van der Waals surface area contributed by atoms with E-state index in [0.717, 1.165) is 0 Å². The Morgan fingerprint density at radius 3 is 2.14 bits per heavy atom. The molecule has 0 aromatic carbocycles. The first-order valence-corrected chi connectivity index (χ1v) is 7.37. The molecule has 3 rings (SSSR count). The molecule has 1 saturated heterocycles. The zero-order chi connectivity index (χ0) is 9.76. The van der Waals surface area contributed by atoms with Gasteiger partial charge in [0.15, 0.2) is 0 Å². The van der Waals surface area contributed by atoms with Gasteiger partial charge < -0.3 is 0 Å². The molecule has 0 aromatic heterocycles. The van der Waals surface area contributed by atoms with E-state index in [2.05, 4.69) is 12.2 Å². The Bertz CT molecular complexity index is 304. The van der Waals surface area contributed by atoms with E-state index in [-0.39, 0.29) is 0 Å². The molecule has 1 heterocycles. The molecule has 5 atom stereocenters. The molecular weight excluding hydrogens is 223 g/mol. The molecule has 0 amide bonds. The Kier molecular flexibility index (Phi) is 2.07. The molecule has 0 aromatic rings. The van der Waals surface area contributed by atoms with Crippen molar-refractivity contribution in [3.63, 3.8) is 0 Å². The van der Waals surface area contributed by atoms with Crippen molar-refractivity contribution in [1.82, 2.24) is 0 Å². The predicted molar refractivity (Wildman–Crippen MR) is 53.1 cm³/mol. The van der Waals surface area contributed by atoms with Crippen molar-refractivity contribution in [2.45, 2.75) is 6.42 Å². The van der Waals surface area contributed by atoms with E-state index in [9.17, 15) is 4.57 Å². The smallest absolute Gasteiger partial charge is 0.297 e. The molecular formula is C9H12ClO3P. The average molecular weight is 235 g/mol. The van der Waals surface area contributed by atoms with Crippen LogP contribution in [-0.4, -0.2) is 13.2 Å². The minimum absolute atomic E-state index is 0.458. The van der Waals surface area contributed by atoms with E-state index >= 15 is 0 Å². The summed E-state index contributed by atoms with van der Waals surface area (Å²) in [5, 5.41) is 0. The quantitative estimate of drug-likeness (QED) is 0.478. The Balaban J connectivity index is 1.84. The summed E-state index contributed by atoms with van der Waals surface area (Å²) in [6, 6.07) is 0. The second-order valence-electron chi connectivity index (χ2n) is 4.30. The second kappa shape index (κ2) is 3.08. The Morgan fingerprint density at radius 2 is 1.64 bits per heavy atom. The van der Waals surface area contributed by atoms with E-state index in [1.807, 2.05) is 0 Å². The van der Waals surface area contributed by atoms with Crippen LogP contribution < -0.4 is 0 Å². The van der Waals surface area contributed by atoms with Crippen LogP contribution in [0.4, 0.5) is 0 Å². The summed E-state index contributed by atoms with van der Waals surface area (Å²) in [6.07, 6.45) is 5.70. The van der Waals surface area contributed by atoms with Gasteiger partial charge >= 0.3 is 6.95 Å². The predicted octanol–water partition coefficient (Wildman–Crippen LogP) is 2.82. The highest BCUT2D eigenvalue weighted by Crippen LogP contribution is 2.60. The first-order chi connectivity index (χ1) is 6.66. The minimum Gasteiger partial charge on any atom is -0.297 e. The van der Waals surface area contributed by atoms with E-state index in [1.165, 1.54) is 6.42 Å². The molecule has 1 saturated carbocycles. The van der Waals surface area contributed by atoms with Gasteiger partial charge in [-0.05, 0) is 30.1 Å². The van der Waals surface area contributed by atoms with Crippen molar-refractivity contribution < 1.29 is 13.6 Å². The summed E-state index contributed by atoms with van der Waals surface area (Å²) >= 11 is 5.59. The Morgan fingerprint density at radius 1 is 1.14 bits per heavy atom. The molecule has 14 heavy (non-hydrogen) atoms. The molecule has 2 fully saturated rings. The van der Waals surface area contributed by atoms with Gasteiger partial charge in [-0.3, -0.25) is 9.05 Å². The van der Waals surface area contributed by atoms with Gasteiger partial charge in [0.25, 0.3) is 0 Å². The number of halogens is 1. The number of fused-ring (bicyclic) bond motifs is 5. The van der Waals surface area contributed by atoms with Gasteiger partial charge in [-0.1, -0.05) is 12.2 Å². The lowest BCUT2D eigenvalue weighted by Crippen LogP contribution is -2.24. The third-order valence-corrected chi connectivity index (χ3v) is 5.14. The van der Waals surface area contributed by atoms with Crippen LogP contribution in [0.1, 0.15) is 6.42 Å². The molecule has 2 bridgehead atoms. The summed E-state index contributed by atoms with van der Waals surface area (Å²) in [5.41, 5.74) is 0. The molecule has 5 heteroatoms. The summed E-state index contributed by atoms with van der Waals surface area (Å²) in [4.78, 5) is 0. The normalized spacial score (nSPS) is 55.8. The summed E-state index contributed by atoms with van der Waals surface area (Å²) in [5.74, 6) is 2.09. The fourth-order valence-corrected chi connectivity index (χ4v) is 4.02. The van der Waals surface area contributed by atoms with Crippen LogP contribution in [0.5, 0.6) is 0 Å². The van der Waals surface area contributed by atoms with E-state index in [4.69, 9.17) is 20.3 Å². The topological polar surface area (TPSA) is 35.5 Å². The maximum absolute atomic E-state index is 11.4. The highest BCUT2D eigenvalue weighted by molar-refractivity contribution is 7.81. The highest BCUT2D eigenvalue weighted by atomic mass is 35.7. The maximum Gasteiger partial charge on any atom is 0.424 e. The molecule has 2 aliphatic carbocycles. The van der Waals surface area contributed by atoms with Gasteiger partial charge in [0, 0.05) is 11.2 Å². The number of rotatable bonds is 0. The van der Waals surface area contributed by atoms with Crippen LogP contribution >= 0.6 is 18.2 Å². The number of allylic oxidation sites excluding steroid dienone is 2. The summed E-state index contributed by atoms with van der Waals surface area (Å²) < 4.78 is 21.7. The van der Waals surface area contributed by atoms with Crippen molar-refractivity contribution in [3.8, 4) is 0 Å². The lowest BCUT2D eigenvalue weighted by atomic mass is 9.84. The fourth-order valence-electron chi connectivity index (χ4n) is 2.91. The van der Waals surface area contributed by atoms with E-state index < -0.39 is 6.95 Å². The zero-order valence-electron chi connectivity index (χ0n) is 7.64. The van der Waals surface area contributed by atoms with Gasteiger partial charge in [0.05, 0.1) is 13.2 Å². The standard InChI is InChI=1S/C9H12ClO3P/c10-14(11)12-4-8-6-1-2-7(3-6)9(8)5-13-14/h1-2,6-9H,3-5H2/t6-,7?,8?,9+,14?/m1/s1. The maximum atomic E-state index is 11.4. The van der Waals surface area contributed by atoms with E-state index in [1.54, 1.807) is 0 Å². The van der Waals surface area contributed by atoms with Gasteiger partial charge in [0.2, 0.25) is 0 Å². The molecule has 1 aliphatic heterocycles. The minimum atomic E-state index is -3.26. The van der Waals surface area contributed by atoms with Crippen molar-refractivity contribution in [2.75, 3.05) is 13.2 Å². The first-order valence-electron chi connectivity index (χ1n) is 4.93. The van der Waals surface area contributed by atoms with Gasteiger partial charge in [-0.2, -0.15) is 0 Å². The summed E-state index contributed by atoms with van der Waals surface area (Å²) in [7, 11) is 0. The van der Waals surface area contributed by atoms with Gasteiger partial charge in [-0.25, -0.2) is 4.57 Å². The van der Waals surface area contributed by atoms with Gasteiger partial charge in [0.1, 0.15) is 0 Å². The van der Waals surface area contributed by atoms with Crippen molar-refractivity contribution in [2.24, 2.45) is 23.7 Å². The molecule has 3 unspecified atom stereocenters. The zero-order valence-corrected chi connectivity index (χ0v) is 9.29. The monoisotopic (exact) mass is 234 g/mol. The number of hydrogen-bond donors (Lipinski definition) is 0. The molecule has 0 N–H and O–H groups in total. The SMILES string of the molecule is O=P1(Cl)OCC2[C@@H](CO1)C1C=C[C@@H]2C1. The van der Waals surface area contributed by atoms with Crippen molar-refractivity contribution in [1.29, 1.82) is 0 Å². The van der Waals surface area contributed by atoms with Crippen LogP contribution in [-0.2, 0) is 13.6 Å². The highest BCUT2D eigenvalue weighted by Gasteiger charge is 2.47. The van der Waals surface area contributed by atoms with Crippen LogP contribution in [0.25, 0.3) is 0 Å². The third kappa shape index (κ3) is 1.38. The lowest BCUT2D eigenvalue weighted by Gasteiger charge is -2.23.